The second kappa shape index (κ2) is 7.41. The van der Waals surface area contributed by atoms with Gasteiger partial charge in [0, 0.05) is 37.1 Å². The lowest BCUT2D eigenvalue weighted by atomic mass is 9.99. The first kappa shape index (κ1) is 15.8. The molecule has 1 aliphatic rings. The summed E-state index contributed by atoms with van der Waals surface area (Å²) in [6.07, 6.45) is 4.73. The Kier molecular flexibility index (Phi) is 5.56. The molecule has 0 radical (unpaired) electrons. The van der Waals surface area contributed by atoms with Crippen molar-refractivity contribution in [1.29, 1.82) is 0 Å². The maximum absolute atomic E-state index is 12.3. The minimum absolute atomic E-state index is 0.0723. The number of carbonyl (C=O) groups excluding carboxylic acids is 1. The number of hydrogen-bond acceptors (Lipinski definition) is 4. The van der Waals surface area contributed by atoms with Gasteiger partial charge in [0.2, 0.25) is 0 Å². The Morgan fingerprint density at radius 2 is 2.33 bits per heavy atom. The molecule has 21 heavy (non-hydrogen) atoms. The van der Waals surface area contributed by atoms with Gasteiger partial charge in [-0.05, 0) is 45.4 Å². The number of pyridine rings is 1. The molecular formula is C16H26N4O. The van der Waals surface area contributed by atoms with E-state index in [1.54, 1.807) is 6.20 Å². The molecule has 2 N–H and O–H groups in total. The molecule has 2 rings (SSSR count). The van der Waals surface area contributed by atoms with E-state index in [1.165, 1.54) is 0 Å². The molecule has 5 heteroatoms. The third-order valence-electron chi connectivity index (χ3n) is 4.12. The van der Waals surface area contributed by atoms with Gasteiger partial charge in [-0.25, -0.2) is 0 Å². The molecule has 0 saturated carbocycles. The van der Waals surface area contributed by atoms with Gasteiger partial charge in [-0.3, -0.25) is 9.78 Å². The number of carbonyl (C=O) groups is 1. The van der Waals surface area contributed by atoms with Crippen molar-refractivity contribution < 1.29 is 4.79 Å². The van der Waals surface area contributed by atoms with Crippen LogP contribution in [-0.4, -0.2) is 48.0 Å². The van der Waals surface area contributed by atoms with Gasteiger partial charge in [0.05, 0.1) is 0 Å². The smallest absolute Gasteiger partial charge is 0.270 e. The summed E-state index contributed by atoms with van der Waals surface area (Å²) >= 11 is 0. The molecular weight excluding hydrogens is 264 g/mol. The zero-order chi connectivity index (χ0) is 15.2. The Morgan fingerprint density at radius 1 is 1.52 bits per heavy atom. The lowest BCUT2D eigenvalue weighted by Gasteiger charge is -2.35. The van der Waals surface area contributed by atoms with Crippen molar-refractivity contribution in [3.63, 3.8) is 0 Å². The minimum atomic E-state index is -0.0723. The summed E-state index contributed by atoms with van der Waals surface area (Å²) in [5.41, 5.74) is 1.44. The molecule has 0 bridgehead atoms. The van der Waals surface area contributed by atoms with Crippen LogP contribution in [0.25, 0.3) is 0 Å². The number of nitrogens with zero attached hydrogens (tertiary/aromatic N) is 2. The molecule has 2 unspecified atom stereocenters. The second-order valence-electron chi connectivity index (χ2n) is 5.88. The van der Waals surface area contributed by atoms with Crippen LogP contribution >= 0.6 is 0 Å². The van der Waals surface area contributed by atoms with E-state index < -0.39 is 0 Å². The number of hydrogen-bond donors (Lipinski definition) is 2. The molecule has 0 aliphatic carbocycles. The number of nitrogens with one attached hydrogen (secondary N) is 2. The van der Waals surface area contributed by atoms with Crippen molar-refractivity contribution in [2.24, 2.45) is 0 Å². The van der Waals surface area contributed by atoms with Crippen LogP contribution < -0.4 is 10.6 Å². The molecule has 5 nitrogen and oxygen atoms in total. The molecule has 0 aromatic carbocycles. The van der Waals surface area contributed by atoms with E-state index in [1.807, 2.05) is 12.1 Å². The average Bonchev–Trinajstić information content (AvgIpc) is 2.49. The van der Waals surface area contributed by atoms with Crippen molar-refractivity contribution in [2.45, 2.75) is 45.2 Å². The fourth-order valence-corrected chi connectivity index (χ4v) is 2.61. The fraction of sp³-hybridized carbons (Fsp3) is 0.625. The van der Waals surface area contributed by atoms with E-state index in [-0.39, 0.29) is 11.9 Å². The van der Waals surface area contributed by atoms with Gasteiger partial charge in [-0.1, -0.05) is 6.92 Å². The maximum Gasteiger partial charge on any atom is 0.270 e. The molecule has 116 valence electrons. The monoisotopic (exact) mass is 290 g/mol. The average molecular weight is 290 g/mol. The van der Waals surface area contributed by atoms with E-state index >= 15 is 0 Å². The van der Waals surface area contributed by atoms with Crippen LogP contribution in [0, 0.1) is 0 Å². The van der Waals surface area contributed by atoms with Crippen molar-refractivity contribution in [3.8, 4) is 0 Å². The molecule has 0 spiro atoms. The molecule has 1 aromatic heterocycles. The molecule has 1 aliphatic heterocycles. The predicted molar refractivity (Wildman–Crippen MR) is 85.6 cm³/mol. The van der Waals surface area contributed by atoms with E-state index in [0.29, 0.717) is 11.7 Å². The molecule has 2 heterocycles. The zero-order valence-corrected chi connectivity index (χ0v) is 13.2. The highest BCUT2D eigenvalue weighted by molar-refractivity contribution is 5.93. The third kappa shape index (κ3) is 4.43. The Morgan fingerprint density at radius 3 is 3.05 bits per heavy atom. The maximum atomic E-state index is 12.3. The SMILES string of the molecule is CCCNc1ccnc(C(=O)NC2CCN(C)C(C)C2)c1. The van der Waals surface area contributed by atoms with Crippen LogP contribution in [-0.2, 0) is 0 Å². The number of aromatic nitrogens is 1. The summed E-state index contributed by atoms with van der Waals surface area (Å²) < 4.78 is 0. The van der Waals surface area contributed by atoms with Crippen molar-refractivity contribution in [3.05, 3.63) is 24.0 Å². The summed E-state index contributed by atoms with van der Waals surface area (Å²) in [5.74, 6) is -0.0723. The number of likely N-dealkylation sites (tertiary alicyclic amines) is 1. The molecule has 1 aromatic rings. The molecule has 1 fully saturated rings. The number of amides is 1. The normalized spacial score (nSPS) is 22.8. The zero-order valence-electron chi connectivity index (χ0n) is 13.2. The predicted octanol–water partition coefficient (Wildman–Crippen LogP) is 2.12. The molecule has 1 amide bonds. The topological polar surface area (TPSA) is 57.3 Å². The van der Waals surface area contributed by atoms with Gasteiger partial charge in [-0.15, -0.1) is 0 Å². The van der Waals surface area contributed by atoms with Gasteiger partial charge >= 0.3 is 0 Å². The quantitative estimate of drug-likeness (QED) is 0.872. The minimum Gasteiger partial charge on any atom is -0.385 e. The van der Waals surface area contributed by atoms with Gasteiger partial charge in [0.25, 0.3) is 5.91 Å². The fourth-order valence-electron chi connectivity index (χ4n) is 2.61. The van der Waals surface area contributed by atoms with E-state index in [2.05, 4.69) is 41.4 Å². The standard InChI is InChI=1S/C16H26N4O/c1-4-7-17-13-5-8-18-15(11-13)16(21)19-14-6-9-20(3)12(2)10-14/h5,8,11-12,14H,4,6-7,9-10H2,1-3H3,(H,17,18)(H,19,21). The van der Waals surface area contributed by atoms with Crippen molar-refractivity contribution in [2.75, 3.05) is 25.5 Å². The van der Waals surface area contributed by atoms with Crippen LogP contribution in [0.1, 0.15) is 43.6 Å². The molecule has 2 atom stereocenters. The van der Waals surface area contributed by atoms with Gasteiger partial charge in [0.15, 0.2) is 0 Å². The first-order chi connectivity index (χ1) is 10.1. The van der Waals surface area contributed by atoms with Crippen LogP contribution in [0.2, 0.25) is 0 Å². The Labute approximate surface area is 127 Å². The van der Waals surface area contributed by atoms with Gasteiger partial charge in [-0.2, -0.15) is 0 Å². The summed E-state index contributed by atoms with van der Waals surface area (Å²) in [7, 11) is 2.13. The second-order valence-corrected chi connectivity index (χ2v) is 5.88. The highest BCUT2D eigenvalue weighted by atomic mass is 16.1. The lowest BCUT2D eigenvalue weighted by molar-refractivity contribution is 0.0891. The van der Waals surface area contributed by atoms with Crippen molar-refractivity contribution in [1.82, 2.24) is 15.2 Å². The number of piperidine rings is 1. The Balaban J connectivity index is 1.94. The van der Waals surface area contributed by atoms with E-state index in [0.717, 1.165) is 38.0 Å². The highest BCUT2D eigenvalue weighted by Gasteiger charge is 2.24. The summed E-state index contributed by atoms with van der Waals surface area (Å²) in [4.78, 5) is 18.8. The lowest BCUT2D eigenvalue weighted by Crippen LogP contribution is -2.47. The number of anilines is 1. The van der Waals surface area contributed by atoms with Crippen LogP contribution in [0.15, 0.2) is 18.3 Å². The third-order valence-corrected chi connectivity index (χ3v) is 4.12. The Bertz CT molecular complexity index is 477. The van der Waals surface area contributed by atoms with E-state index in [9.17, 15) is 4.79 Å². The van der Waals surface area contributed by atoms with Gasteiger partial charge < -0.3 is 15.5 Å². The summed E-state index contributed by atoms with van der Waals surface area (Å²) in [5, 5.41) is 6.39. The summed E-state index contributed by atoms with van der Waals surface area (Å²) in [6, 6.07) is 4.47. The highest BCUT2D eigenvalue weighted by Crippen LogP contribution is 2.16. The number of rotatable bonds is 5. The molecule has 1 saturated heterocycles. The van der Waals surface area contributed by atoms with Crippen LogP contribution in [0.4, 0.5) is 5.69 Å². The van der Waals surface area contributed by atoms with Gasteiger partial charge in [0.1, 0.15) is 5.69 Å². The Hall–Kier alpha value is -1.62. The first-order valence-electron chi connectivity index (χ1n) is 7.81. The summed E-state index contributed by atoms with van der Waals surface area (Å²) in [6.45, 7) is 6.24. The van der Waals surface area contributed by atoms with Crippen molar-refractivity contribution >= 4 is 11.6 Å². The largest absolute Gasteiger partial charge is 0.385 e. The first-order valence-corrected chi connectivity index (χ1v) is 7.81. The van der Waals surface area contributed by atoms with Crippen LogP contribution in [0.5, 0.6) is 0 Å². The van der Waals surface area contributed by atoms with Crippen LogP contribution in [0.3, 0.4) is 0 Å². The van der Waals surface area contributed by atoms with E-state index in [4.69, 9.17) is 0 Å².